The standard InChI is InChI=1S/C17H19N3O6S/c1-17(2)14(15(21)26-10-25-3)19-9-13(16(22)27-17)18-8-11-4-6-12(7-5-11)20(23)24/h4-9,14,19H,10H2,1-3H3/t14-/m0/s1. The first-order chi connectivity index (χ1) is 12.7. The molecule has 1 aromatic rings. The largest absolute Gasteiger partial charge is 0.437 e. The maximum absolute atomic E-state index is 12.5. The number of methoxy groups -OCH3 is 1. The van der Waals surface area contributed by atoms with Crippen LogP contribution in [0, 0.1) is 10.1 Å². The molecule has 0 spiro atoms. The summed E-state index contributed by atoms with van der Waals surface area (Å²) in [5, 5.41) is 13.2. The Morgan fingerprint density at radius 3 is 2.67 bits per heavy atom. The van der Waals surface area contributed by atoms with Crippen molar-refractivity contribution in [3.8, 4) is 0 Å². The van der Waals surface area contributed by atoms with Crippen LogP contribution in [-0.2, 0) is 19.1 Å². The minimum absolute atomic E-state index is 0.0340. The van der Waals surface area contributed by atoms with Crippen molar-refractivity contribution in [2.24, 2.45) is 4.99 Å². The van der Waals surface area contributed by atoms with E-state index in [0.717, 1.165) is 11.8 Å². The van der Waals surface area contributed by atoms with Gasteiger partial charge in [0, 0.05) is 36.4 Å². The lowest BCUT2D eigenvalue weighted by molar-refractivity contribution is -0.384. The van der Waals surface area contributed by atoms with Crippen molar-refractivity contribution < 1.29 is 24.0 Å². The van der Waals surface area contributed by atoms with Gasteiger partial charge in [-0.25, -0.2) is 4.79 Å². The molecule has 27 heavy (non-hydrogen) atoms. The average Bonchev–Trinajstić information content (AvgIpc) is 2.73. The number of nitro groups is 1. The van der Waals surface area contributed by atoms with Gasteiger partial charge >= 0.3 is 5.97 Å². The van der Waals surface area contributed by atoms with Crippen molar-refractivity contribution >= 4 is 34.7 Å². The Kier molecular flexibility index (Phi) is 6.70. The Labute approximate surface area is 160 Å². The zero-order valence-corrected chi connectivity index (χ0v) is 15.8. The number of aliphatic imine (C=N–C) groups is 1. The molecule has 0 saturated heterocycles. The smallest absolute Gasteiger partial charge is 0.332 e. The molecule has 0 aliphatic carbocycles. The van der Waals surface area contributed by atoms with Crippen LogP contribution in [0.4, 0.5) is 5.69 Å². The number of thioether (sulfide) groups is 1. The second-order valence-corrected chi connectivity index (χ2v) is 7.73. The first kappa shape index (κ1) is 20.6. The molecule has 1 aliphatic rings. The number of carbonyl (C=O) groups excluding carboxylic acids is 2. The predicted molar refractivity (Wildman–Crippen MR) is 100 cm³/mol. The van der Waals surface area contributed by atoms with Crippen LogP contribution in [0.25, 0.3) is 0 Å². The Bertz CT molecular complexity index is 788. The van der Waals surface area contributed by atoms with Crippen LogP contribution in [0.2, 0.25) is 0 Å². The monoisotopic (exact) mass is 393 g/mol. The number of benzene rings is 1. The summed E-state index contributed by atoms with van der Waals surface area (Å²) >= 11 is 0.969. The first-order valence-electron chi connectivity index (χ1n) is 7.88. The molecule has 1 atom stereocenters. The molecule has 0 bridgehead atoms. The molecular formula is C17H19N3O6S. The van der Waals surface area contributed by atoms with Gasteiger partial charge in [0.1, 0.15) is 11.7 Å². The van der Waals surface area contributed by atoms with Crippen LogP contribution < -0.4 is 5.32 Å². The van der Waals surface area contributed by atoms with Gasteiger partial charge in [-0.05, 0) is 31.5 Å². The van der Waals surface area contributed by atoms with Gasteiger partial charge in [-0.1, -0.05) is 11.8 Å². The number of carbonyl (C=O) groups is 2. The van der Waals surface area contributed by atoms with E-state index in [1.54, 1.807) is 13.8 Å². The molecule has 2 rings (SSSR count). The fraction of sp³-hybridized carbons (Fsp3) is 0.353. The Morgan fingerprint density at radius 2 is 2.07 bits per heavy atom. The zero-order valence-electron chi connectivity index (χ0n) is 15.0. The molecule has 144 valence electrons. The maximum Gasteiger partial charge on any atom is 0.332 e. The molecule has 0 unspecified atom stereocenters. The van der Waals surface area contributed by atoms with Gasteiger partial charge in [-0.3, -0.25) is 19.9 Å². The fourth-order valence-electron chi connectivity index (χ4n) is 2.24. The van der Waals surface area contributed by atoms with Crippen molar-refractivity contribution in [2.75, 3.05) is 13.9 Å². The zero-order chi connectivity index (χ0) is 20.0. The van der Waals surface area contributed by atoms with E-state index in [4.69, 9.17) is 9.47 Å². The summed E-state index contributed by atoms with van der Waals surface area (Å²) in [6.45, 7) is 3.32. The minimum Gasteiger partial charge on any atom is -0.437 e. The van der Waals surface area contributed by atoms with E-state index in [2.05, 4.69) is 10.3 Å². The number of nitrogens with zero attached hydrogens (tertiary/aromatic N) is 2. The summed E-state index contributed by atoms with van der Waals surface area (Å²) in [5.74, 6) is -0.543. The van der Waals surface area contributed by atoms with Gasteiger partial charge in [0.05, 0.1) is 4.92 Å². The van der Waals surface area contributed by atoms with Gasteiger partial charge in [0.2, 0.25) is 5.12 Å². The Balaban J connectivity index is 2.17. The molecule has 1 aliphatic heterocycles. The van der Waals surface area contributed by atoms with Crippen molar-refractivity contribution in [2.45, 2.75) is 24.6 Å². The number of nitrogens with one attached hydrogen (secondary N) is 1. The van der Waals surface area contributed by atoms with Gasteiger partial charge in [0.15, 0.2) is 6.79 Å². The van der Waals surface area contributed by atoms with Crippen LogP contribution in [0.1, 0.15) is 19.4 Å². The number of nitro benzene ring substituents is 1. The SMILES string of the molecule is COCOC(=O)[C@@H]1NC=C(N=Cc2ccc([N+](=O)[O-])cc2)C(=O)SC1(C)C. The summed E-state index contributed by atoms with van der Waals surface area (Å²) in [5.41, 5.74) is 0.681. The van der Waals surface area contributed by atoms with E-state index in [9.17, 15) is 19.7 Å². The van der Waals surface area contributed by atoms with Crippen molar-refractivity contribution in [3.05, 3.63) is 51.8 Å². The molecule has 10 heteroatoms. The average molecular weight is 393 g/mol. The first-order valence-corrected chi connectivity index (χ1v) is 8.70. The highest BCUT2D eigenvalue weighted by Gasteiger charge is 2.41. The van der Waals surface area contributed by atoms with E-state index in [0.29, 0.717) is 5.56 Å². The minimum atomic E-state index is -0.775. The summed E-state index contributed by atoms with van der Waals surface area (Å²) in [6, 6.07) is 4.98. The van der Waals surface area contributed by atoms with Crippen LogP contribution in [0.3, 0.4) is 0 Å². The molecular weight excluding hydrogens is 374 g/mol. The van der Waals surface area contributed by atoms with E-state index in [-0.39, 0.29) is 23.3 Å². The van der Waals surface area contributed by atoms with E-state index < -0.39 is 21.7 Å². The molecule has 9 nitrogen and oxygen atoms in total. The molecule has 1 heterocycles. The third kappa shape index (κ3) is 5.38. The van der Waals surface area contributed by atoms with Crippen LogP contribution >= 0.6 is 11.8 Å². The quantitative estimate of drug-likeness (QED) is 0.256. The van der Waals surface area contributed by atoms with Gasteiger partial charge in [-0.15, -0.1) is 0 Å². The van der Waals surface area contributed by atoms with Gasteiger partial charge in [-0.2, -0.15) is 0 Å². The summed E-state index contributed by atoms with van der Waals surface area (Å²) < 4.78 is 8.94. The number of hydrogen-bond donors (Lipinski definition) is 1. The maximum atomic E-state index is 12.5. The second kappa shape index (κ2) is 8.78. The van der Waals surface area contributed by atoms with Gasteiger partial charge < -0.3 is 14.8 Å². The number of esters is 1. The second-order valence-electron chi connectivity index (χ2n) is 6.10. The number of rotatable bonds is 6. The van der Waals surface area contributed by atoms with Crippen molar-refractivity contribution in [3.63, 3.8) is 0 Å². The number of hydrogen-bond acceptors (Lipinski definition) is 9. The highest BCUT2D eigenvalue weighted by atomic mass is 32.2. The number of non-ortho nitro benzene ring substituents is 1. The summed E-state index contributed by atoms with van der Waals surface area (Å²) in [7, 11) is 1.40. The molecule has 0 fully saturated rings. The fourth-order valence-corrected chi connectivity index (χ4v) is 3.22. The lowest BCUT2D eigenvalue weighted by Crippen LogP contribution is -2.48. The highest BCUT2D eigenvalue weighted by Crippen LogP contribution is 2.34. The Morgan fingerprint density at radius 1 is 1.41 bits per heavy atom. The summed E-state index contributed by atoms with van der Waals surface area (Å²) in [6.07, 6.45) is 2.79. The predicted octanol–water partition coefficient (Wildman–Crippen LogP) is 2.01. The van der Waals surface area contributed by atoms with Crippen molar-refractivity contribution in [1.82, 2.24) is 5.32 Å². The molecule has 0 aromatic heterocycles. The van der Waals surface area contributed by atoms with E-state index >= 15 is 0 Å². The van der Waals surface area contributed by atoms with Crippen LogP contribution in [0.15, 0.2) is 41.2 Å². The van der Waals surface area contributed by atoms with Crippen molar-refractivity contribution in [1.29, 1.82) is 0 Å². The van der Waals surface area contributed by atoms with Crippen LogP contribution in [-0.4, -0.2) is 46.9 Å². The van der Waals surface area contributed by atoms with E-state index in [1.807, 2.05) is 0 Å². The molecule has 0 radical (unpaired) electrons. The lowest BCUT2D eigenvalue weighted by atomic mass is 10.0. The van der Waals surface area contributed by atoms with E-state index in [1.165, 1.54) is 43.8 Å². The topological polar surface area (TPSA) is 120 Å². The highest BCUT2D eigenvalue weighted by molar-refractivity contribution is 8.15. The van der Waals surface area contributed by atoms with Gasteiger partial charge in [0.25, 0.3) is 5.69 Å². The third-order valence-electron chi connectivity index (χ3n) is 3.66. The molecule has 0 amide bonds. The normalized spacial score (nSPS) is 19.1. The van der Waals surface area contributed by atoms with Crippen LogP contribution in [0.5, 0.6) is 0 Å². The number of ether oxygens (including phenoxy) is 2. The lowest BCUT2D eigenvalue weighted by Gasteiger charge is -2.29. The third-order valence-corrected chi connectivity index (χ3v) is 4.81. The molecule has 1 aromatic carbocycles. The molecule has 0 saturated carbocycles. The Hall–Kier alpha value is -2.72. The molecule has 1 N–H and O–H groups in total. The summed E-state index contributed by atoms with van der Waals surface area (Å²) in [4.78, 5) is 39.0.